The molecule has 5 rings (SSSR count). The summed E-state index contributed by atoms with van der Waals surface area (Å²) in [6, 6.07) is 31.2. The third-order valence-electron chi connectivity index (χ3n) is 7.96. The van der Waals surface area contributed by atoms with E-state index in [1.54, 1.807) is 18.2 Å². The predicted molar refractivity (Wildman–Crippen MR) is 179 cm³/mol. The molecule has 0 aromatic heterocycles. The average Bonchev–Trinajstić information content (AvgIpc) is 3.11. The zero-order chi connectivity index (χ0) is 34.6. The highest BCUT2D eigenvalue weighted by atomic mass is 35.5. The lowest BCUT2D eigenvalue weighted by molar-refractivity contribution is -0.278. The lowest BCUT2D eigenvalue weighted by atomic mass is 9.84. The van der Waals surface area contributed by atoms with Gasteiger partial charge in [0.2, 0.25) is 0 Å². The summed E-state index contributed by atoms with van der Waals surface area (Å²) in [5.41, 5.74) is 2.79. The first-order valence-corrected chi connectivity index (χ1v) is 16.3. The molecule has 0 saturated carbocycles. The van der Waals surface area contributed by atoms with E-state index in [1.165, 1.54) is 12.1 Å². The summed E-state index contributed by atoms with van der Waals surface area (Å²) >= 11 is 6.58. The van der Waals surface area contributed by atoms with Gasteiger partial charge in [0.1, 0.15) is 17.5 Å². The standard InChI is InChI=1S/C36H36ClF3O6.C2H6/c37-31-16-13-28(18-29(31)17-25-11-14-30(15-12-25)45-24-36(38,39)40)32-19-33(43-20-26-7-3-1-4-8-26)34(35(22-41,23-42)46-32)44-21-27-9-5-2-6-10-27;1-2/h1-16,18,32-34,41-42H,17,19-24H2;1-2H3/t32?,33?,34-;/m0./s1. The van der Waals surface area contributed by atoms with Crippen LogP contribution in [0.15, 0.2) is 103 Å². The van der Waals surface area contributed by atoms with Crippen LogP contribution in [0.3, 0.4) is 0 Å². The van der Waals surface area contributed by atoms with Gasteiger partial charge in [-0.1, -0.05) is 110 Å². The molecule has 0 bridgehead atoms. The van der Waals surface area contributed by atoms with Gasteiger partial charge in [0.15, 0.2) is 6.61 Å². The normalized spacial score (nSPS) is 18.9. The lowest BCUT2D eigenvalue weighted by Crippen LogP contribution is -2.61. The molecule has 1 fully saturated rings. The van der Waals surface area contributed by atoms with Gasteiger partial charge in [0.25, 0.3) is 0 Å². The van der Waals surface area contributed by atoms with Crippen molar-refractivity contribution in [2.75, 3.05) is 19.8 Å². The van der Waals surface area contributed by atoms with Crippen molar-refractivity contribution in [1.82, 2.24) is 0 Å². The summed E-state index contributed by atoms with van der Waals surface area (Å²) in [4.78, 5) is 0. The van der Waals surface area contributed by atoms with Crippen molar-refractivity contribution in [2.24, 2.45) is 0 Å². The van der Waals surface area contributed by atoms with E-state index >= 15 is 0 Å². The average molecular weight is 687 g/mol. The topological polar surface area (TPSA) is 77.4 Å². The Bertz CT molecular complexity index is 1520. The number of aliphatic hydroxyl groups is 2. The third-order valence-corrected chi connectivity index (χ3v) is 8.32. The molecule has 1 heterocycles. The second kappa shape index (κ2) is 17.8. The molecule has 48 heavy (non-hydrogen) atoms. The maximum atomic E-state index is 12.5. The van der Waals surface area contributed by atoms with Crippen molar-refractivity contribution in [3.05, 3.63) is 136 Å². The maximum Gasteiger partial charge on any atom is 0.422 e. The molecule has 258 valence electrons. The van der Waals surface area contributed by atoms with Crippen molar-refractivity contribution in [2.45, 2.75) is 70.0 Å². The van der Waals surface area contributed by atoms with Crippen LogP contribution in [0.2, 0.25) is 5.02 Å². The highest BCUT2D eigenvalue weighted by Crippen LogP contribution is 2.42. The second-order valence-electron chi connectivity index (χ2n) is 11.4. The monoisotopic (exact) mass is 686 g/mol. The molecule has 10 heteroatoms. The number of rotatable bonds is 13. The Kier molecular flexibility index (Phi) is 13.9. The molecular weight excluding hydrogens is 645 g/mol. The minimum atomic E-state index is -4.42. The number of aliphatic hydroxyl groups excluding tert-OH is 2. The van der Waals surface area contributed by atoms with E-state index in [2.05, 4.69) is 0 Å². The van der Waals surface area contributed by atoms with E-state index in [9.17, 15) is 23.4 Å². The SMILES string of the molecule is CC.OCC1(CO)OC(c2ccc(Cl)c(Cc3ccc(OCC(F)(F)F)cc3)c2)CC(OCc2ccccc2)[C@@H]1OCc1ccccc1. The molecule has 0 radical (unpaired) electrons. The minimum Gasteiger partial charge on any atom is -0.484 e. The molecule has 2 N–H and O–H groups in total. The Labute approximate surface area is 285 Å². The van der Waals surface area contributed by atoms with Crippen LogP contribution < -0.4 is 4.74 Å². The van der Waals surface area contributed by atoms with Gasteiger partial charge >= 0.3 is 6.18 Å². The summed E-state index contributed by atoms with van der Waals surface area (Å²) in [6.45, 7) is 2.16. The molecule has 2 unspecified atom stereocenters. The van der Waals surface area contributed by atoms with E-state index in [-0.39, 0.29) is 12.4 Å². The quantitative estimate of drug-likeness (QED) is 0.148. The van der Waals surface area contributed by atoms with Crippen molar-refractivity contribution >= 4 is 11.6 Å². The largest absolute Gasteiger partial charge is 0.484 e. The number of halogens is 4. The van der Waals surface area contributed by atoms with E-state index in [1.807, 2.05) is 86.6 Å². The van der Waals surface area contributed by atoms with E-state index in [0.717, 1.165) is 27.8 Å². The van der Waals surface area contributed by atoms with Crippen molar-refractivity contribution in [3.63, 3.8) is 0 Å². The highest BCUT2D eigenvalue weighted by molar-refractivity contribution is 6.31. The lowest BCUT2D eigenvalue weighted by Gasteiger charge is -2.48. The Morgan fingerprint density at radius 1 is 0.792 bits per heavy atom. The first kappa shape index (κ1) is 37.4. The van der Waals surface area contributed by atoms with Gasteiger partial charge in [0, 0.05) is 11.4 Å². The number of hydrogen-bond donors (Lipinski definition) is 2. The van der Waals surface area contributed by atoms with Crippen LogP contribution in [0.5, 0.6) is 5.75 Å². The molecule has 4 aromatic rings. The summed E-state index contributed by atoms with van der Waals surface area (Å²) in [6.07, 6.45) is -5.55. The summed E-state index contributed by atoms with van der Waals surface area (Å²) < 4.78 is 61.7. The van der Waals surface area contributed by atoms with Crippen molar-refractivity contribution in [1.29, 1.82) is 0 Å². The maximum absolute atomic E-state index is 12.5. The molecule has 1 aliphatic rings. The number of alkyl halides is 3. The van der Waals surface area contributed by atoms with Gasteiger partial charge in [-0.2, -0.15) is 13.2 Å². The molecule has 0 spiro atoms. The summed E-state index contributed by atoms with van der Waals surface area (Å²) in [5, 5.41) is 21.8. The van der Waals surface area contributed by atoms with Crippen LogP contribution in [0.25, 0.3) is 0 Å². The molecule has 3 atom stereocenters. The second-order valence-corrected chi connectivity index (χ2v) is 11.8. The fourth-order valence-electron chi connectivity index (χ4n) is 5.55. The predicted octanol–water partition coefficient (Wildman–Crippen LogP) is 8.25. The van der Waals surface area contributed by atoms with Gasteiger partial charge in [-0.05, 0) is 52.4 Å². The molecule has 0 aliphatic carbocycles. The zero-order valence-corrected chi connectivity index (χ0v) is 27.8. The fraction of sp³-hybridized carbons (Fsp3) is 0.368. The van der Waals surface area contributed by atoms with Crippen LogP contribution in [-0.2, 0) is 33.8 Å². The van der Waals surface area contributed by atoms with Crippen LogP contribution in [0.1, 0.15) is 54.2 Å². The van der Waals surface area contributed by atoms with Crippen LogP contribution in [0, 0.1) is 0 Å². The van der Waals surface area contributed by atoms with E-state index in [0.29, 0.717) is 24.5 Å². The van der Waals surface area contributed by atoms with Gasteiger partial charge in [-0.25, -0.2) is 0 Å². The zero-order valence-electron chi connectivity index (χ0n) is 27.0. The minimum absolute atomic E-state index is 0.117. The number of ether oxygens (including phenoxy) is 4. The van der Waals surface area contributed by atoms with Crippen molar-refractivity contribution < 1.29 is 42.3 Å². The van der Waals surface area contributed by atoms with E-state index in [4.69, 9.17) is 30.5 Å². The Balaban J connectivity index is 0.00000255. The summed E-state index contributed by atoms with van der Waals surface area (Å²) in [7, 11) is 0. The van der Waals surface area contributed by atoms with Crippen molar-refractivity contribution in [3.8, 4) is 5.75 Å². The fourth-order valence-corrected chi connectivity index (χ4v) is 5.74. The molecular formula is C38H42ClF3O6. The Morgan fingerprint density at radius 3 is 1.94 bits per heavy atom. The molecule has 0 amide bonds. The molecule has 4 aromatic carbocycles. The van der Waals surface area contributed by atoms with Crippen LogP contribution >= 0.6 is 11.6 Å². The third kappa shape index (κ3) is 10.3. The first-order chi connectivity index (χ1) is 23.2. The molecule has 1 aliphatic heterocycles. The Hall–Kier alpha value is -3.44. The molecule has 1 saturated heterocycles. The highest BCUT2D eigenvalue weighted by Gasteiger charge is 2.51. The van der Waals surface area contributed by atoms with Crippen LogP contribution in [0.4, 0.5) is 13.2 Å². The smallest absolute Gasteiger partial charge is 0.422 e. The number of benzene rings is 4. The Morgan fingerprint density at radius 2 is 1.38 bits per heavy atom. The van der Waals surface area contributed by atoms with Crippen LogP contribution in [-0.4, -0.2) is 54.0 Å². The number of hydrogen-bond acceptors (Lipinski definition) is 6. The van der Waals surface area contributed by atoms with Gasteiger partial charge in [-0.15, -0.1) is 0 Å². The van der Waals surface area contributed by atoms with Gasteiger partial charge in [-0.3, -0.25) is 0 Å². The van der Waals surface area contributed by atoms with E-state index < -0.39 is 49.9 Å². The first-order valence-electron chi connectivity index (χ1n) is 16.0. The van der Waals surface area contributed by atoms with Gasteiger partial charge < -0.3 is 29.2 Å². The van der Waals surface area contributed by atoms with Gasteiger partial charge in [0.05, 0.1) is 38.6 Å². The molecule has 6 nitrogen and oxygen atoms in total. The summed E-state index contributed by atoms with van der Waals surface area (Å²) in [5.74, 6) is 0.117.